The third-order valence-corrected chi connectivity index (χ3v) is 3.78. The number of aromatic nitrogens is 2. The Balaban J connectivity index is 2.17. The summed E-state index contributed by atoms with van der Waals surface area (Å²) >= 11 is 1.91. The average molecular weight is 209 g/mol. The highest BCUT2D eigenvalue weighted by Crippen LogP contribution is 2.35. The Hall–Kier alpha value is -0.610. The van der Waals surface area contributed by atoms with E-state index in [2.05, 4.69) is 29.1 Å². The van der Waals surface area contributed by atoms with Gasteiger partial charge in [-0.05, 0) is 26.8 Å². The second-order valence-electron chi connectivity index (χ2n) is 4.25. The van der Waals surface area contributed by atoms with Crippen LogP contribution in [0.25, 0.3) is 0 Å². The molecule has 3 nitrogen and oxygen atoms in total. The summed E-state index contributed by atoms with van der Waals surface area (Å²) < 4.78 is 0. The normalized spacial score (nSPS) is 25.2. The van der Waals surface area contributed by atoms with Gasteiger partial charge in [-0.3, -0.25) is 5.32 Å². The van der Waals surface area contributed by atoms with E-state index in [0.717, 1.165) is 17.3 Å². The van der Waals surface area contributed by atoms with Crippen molar-refractivity contribution in [2.75, 3.05) is 5.75 Å². The highest BCUT2D eigenvalue weighted by molar-refractivity contribution is 7.99. The molecular formula is C10H15N3S. The second kappa shape index (κ2) is 3.51. The number of thioether (sulfide) groups is 1. The van der Waals surface area contributed by atoms with Gasteiger partial charge in [0.15, 0.2) is 0 Å². The summed E-state index contributed by atoms with van der Waals surface area (Å²) in [5.74, 6) is 1.97. The van der Waals surface area contributed by atoms with Crippen molar-refractivity contribution in [3.8, 4) is 0 Å². The Kier molecular flexibility index (Phi) is 2.49. The zero-order valence-corrected chi connectivity index (χ0v) is 9.56. The van der Waals surface area contributed by atoms with Crippen molar-refractivity contribution in [3.63, 3.8) is 0 Å². The first-order valence-corrected chi connectivity index (χ1v) is 5.81. The van der Waals surface area contributed by atoms with E-state index < -0.39 is 0 Å². The van der Waals surface area contributed by atoms with Crippen LogP contribution in [0.15, 0.2) is 12.3 Å². The fourth-order valence-corrected chi connectivity index (χ4v) is 2.88. The molecule has 0 aliphatic carbocycles. The largest absolute Gasteiger partial charge is 0.294 e. The minimum absolute atomic E-state index is 0.216. The van der Waals surface area contributed by atoms with Gasteiger partial charge < -0.3 is 0 Å². The van der Waals surface area contributed by atoms with Crippen molar-refractivity contribution in [1.82, 2.24) is 15.3 Å². The van der Waals surface area contributed by atoms with Crippen molar-refractivity contribution in [2.45, 2.75) is 31.7 Å². The third kappa shape index (κ3) is 2.07. The Morgan fingerprint density at radius 1 is 1.57 bits per heavy atom. The molecular weight excluding hydrogens is 194 g/mol. The molecule has 0 amide bonds. The Morgan fingerprint density at radius 3 is 2.93 bits per heavy atom. The van der Waals surface area contributed by atoms with Crippen molar-refractivity contribution in [3.05, 3.63) is 23.8 Å². The molecule has 0 spiro atoms. The van der Waals surface area contributed by atoms with Crippen molar-refractivity contribution in [2.24, 2.45) is 0 Å². The van der Waals surface area contributed by atoms with Gasteiger partial charge in [0.25, 0.3) is 0 Å². The molecule has 1 aliphatic heterocycles. The fraction of sp³-hybridized carbons (Fsp3) is 0.600. The molecule has 14 heavy (non-hydrogen) atoms. The summed E-state index contributed by atoms with van der Waals surface area (Å²) in [7, 11) is 0. The van der Waals surface area contributed by atoms with Gasteiger partial charge in [-0.2, -0.15) is 0 Å². The molecule has 1 fully saturated rings. The van der Waals surface area contributed by atoms with Gasteiger partial charge >= 0.3 is 0 Å². The lowest BCUT2D eigenvalue weighted by Gasteiger charge is -2.18. The Morgan fingerprint density at radius 2 is 2.36 bits per heavy atom. The van der Waals surface area contributed by atoms with E-state index in [9.17, 15) is 0 Å². The lowest BCUT2D eigenvalue weighted by atomic mass is 10.1. The first-order chi connectivity index (χ1) is 6.57. The number of aryl methyl sites for hydroxylation is 1. The molecule has 4 heteroatoms. The van der Waals surface area contributed by atoms with E-state index in [0.29, 0.717) is 5.37 Å². The summed E-state index contributed by atoms with van der Waals surface area (Å²) in [5.41, 5.74) is 1.31. The highest BCUT2D eigenvalue weighted by atomic mass is 32.2. The van der Waals surface area contributed by atoms with Gasteiger partial charge in [0.2, 0.25) is 0 Å². The molecule has 1 saturated heterocycles. The predicted octanol–water partition coefficient (Wildman–Crippen LogP) is 1.90. The van der Waals surface area contributed by atoms with Crippen LogP contribution in [0, 0.1) is 6.92 Å². The maximum Gasteiger partial charge on any atom is 0.125 e. The first kappa shape index (κ1) is 9.93. The van der Waals surface area contributed by atoms with Crippen LogP contribution < -0.4 is 5.32 Å². The number of rotatable bonds is 1. The predicted molar refractivity (Wildman–Crippen MR) is 59.2 cm³/mol. The molecule has 1 unspecified atom stereocenters. The Bertz CT molecular complexity index is 338. The van der Waals surface area contributed by atoms with Gasteiger partial charge in [-0.25, -0.2) is 9.97 Å². The molecule has 0 bridgehead atoms. The van der Waals surface area contributed by atoms with Gasteiger partial charge in [0, 0.05) is 17.5 Å². The summed E-state index contributed by atoms with van der Waals surface area (Å²) in [4.78, 5) is 8.53. The summed E-state index contributed by atoms with van der Waals surface area (Å²) in [6.07, 6.45) is 1.82. The maximum absolute atomic E-state index is 4.43. The van der Waals surface area contributed by atoms with Gasteiger partial charge in [0.05, 0.1) is 11.1 Å². The zero-order chi connectivity index (χ0) is 10.2. The molecule has 2 heterocycles. The molecule has 0 radical (unpaired) electrons. The number of nitrogens with one attached hydrogen (secondary N) is 1. The van der Waals surface area contributed by atoms with Crippen molar-refractivity contribution < 1.29 is 0 Å². The number of nitrogens with zero attached hydrogens (tertiary/aromatic N) is 2. The molecule has 1 aromatic heterocycles. The molecule has 1 aliphatic rings. The lowest BCUT2D eigenvalue weighted by Crippen LogP contribution is -2.36. The van der Waals surface area contributed by atoms with E-state index in [1.165, 1.54) is 0 Å². The van der Waals surface area contributed by atoms with Gasteiger partial charge in [-0.15, -0.1) is 11.8 Å². The third-order valence-electron chi connectivity index (χ3n) is 2.20. The first-order valence-electron chi connectivity index (χ1n) is 4.76. The van der Waals surface area contributed by atoms with E-state index >= 15 is 0 Å². The zero-order valence-electron chi connectivity index (χ0n) is 8.74. The van der Waals surface area contributed by atoms with Crippen LogP contribution in [0.3, 0.4) is 0 Å². The van der Waals surface area contributed by atoms with Gasteiger partial charge in [0.1, 0.15) is 5.82 Å². The van der Waals surface area contributed by atoms with Crippen LogP contribution in [0.2, 0.25) is 0 Å². The molecule has 1 N–H and O–H groups in total. The molecule has 2 rings (SSSR count). The average Bonchev–Trinajstić information content (AvgIpc) is 2.46. The summed E-state index contributed by atoms with van der Waals surface area (Å²) in [5, 5.41) is 3.87. The topological polar surface area (TPSA) is 37.8 Å². The van der Waals surface area contributed by atoms with E-state index in [1.807, 2.05) is 30.9 Å². The molecule has 1 atom stereocenters. The fourth-order valence-electron chi connectivity index (χ4n) is 1.51. The van der Waals surface area contributed by atoms with Crippen LogP contribution >= 0.6 is 11.8 Å². The molecule has 0 aromatic carbocycles. The highest BCUT2D eigenvalue weighted by Gasteiger charge is 2.32. The van der Waals surface area contributed by atoms with Gasteiger partial charge in [-0.1, -0.05) is 0 Å². The maximum atomic E-state index is 4.43. The minimum atomic E-state index is 0.216. The second-order valence-corrected chi connectivity index (χ2v) is 5.34. The van der Waals surface area contributed by atoms with Crippen LogP contribution in [0.5, 0.6) is 0 Å². The lowest BCUT2D eigenvalue weighted by molar-refractivity contribution is 0.448. The number of hydrogen-bond donors (Lipinski definition) is 1. The standard InChI is InChI=1S/C10H15N3S/c1-7-11-5-4-8(12-7)9-13-10(2,3)6-14-9/h4-5,9,13H,6H2,1-3H3. The van der Waals surface area contributed by atoms with Crippen molar-refractivity contribution in [1.29, 1.82) is 0 Å². The van der Waals surface area contributed by atoms with Crippen LogP contribution in [0.4, 0.5) is 0 Å². The minimum Gasteiger partial charge on any atom is -0.294 e. The monoisotopic (exact) mass is 209 g/mol. The van der Waals surface area contributed by atoms with E-state index in [1.54, 1.807) is 0 Å². The molecule has 76 valence electrons. The van der Waals surface area contributed by atoms with E-state index in [-0.39, 0.29) is 5.54 Å². The number of hydrogen-bond acceptors (Lipinski definition) is 4. The van der Waals surface area contributed by atoms with Crippen molar-refractivity contribution >= 4 is 11.8 Å². The Labute approximate surface area is 88.7 Å². The van der Waals surface area contributed by atoms with Crippen LogP contribution in [-0.4, -0.2) is 21.3 Å². The smallest absolute Gasteiger partial charge is 0.125 e. The quantitative estimate of drug-likeness (QED) is 0.766. The summed E-state index contributed by atoms with van der Waals surface area (Å²) in [6, 6.07) is 1.99. The summed E-state index contributed by atoms with van der Waals surface area (Å²) in [6.45, 7) is 6.36. The van der Waals surface area contributed by atoms with E-state index in [4.69, 9.17) is 0 Å². The molecule has 1 aromatic rings. The van der Waals surface area contributed by atoms with Crippen LogP contribution in [0.1, 0.15) is 30.7 Å². The van der Waals surface area contributed by atoms with Crippen LogP contribution in [-0.2, 0) is 0 Å². The SMILES string of the molecule is Cc1nccc(C2NC(C)(C)CS2)n1. The molecule has 0 saturated carbocycles.